The van der Waals surface area contributed by atoms with Crippen molar-refractivity contribution in [2.24, 2.45) is 11.7 Å². The van der Waals surface area contributed by atoms with Crippen LogP contribution in [0.3, 0.4) is 0 Å². The van der Waals surface area contributed by atoms with Gasteiger partial charge in [0.25, 0.3) is 11.5 Å². The fourth-order valence-electron chi connectivity index (χ4n) is 4.97. The van der Waals surface area contributed by atoms with Gasteiger partial charge in [-0.2, -0.15) is 0 Å². The second kappa shape index (κ2) is 11.3. The molecule has 0 aliphatic heterocycles. The lowest BCUT2D eigenvalue weighted by atomic mass is 9.99. The number of hydrogen-bond donors (Lipinski definition) is 1. The van der Waals surface area contributed by atoms with Gasteiger partial charge < -0.3 is 15.1 Å². The lowest BCUT2D eigenvalue weighted by Gasteiger charge is -2.35. The molecule has 0 saturated heterocycles. The first-order chi connectivity index (χ1) is 19.2. The summed E-state index contributed by atoms with van der Waals surface area (Å²) < 4.78 is 36.4. The van der Waals surface area contributed by atoms with Crippen LogP contribution >= 0.6 is 15.9 Å². The van der Waals surface area contributed by atoms with Gasteiger partial charge in [-0.15, -0.1) is 0 Å². The van der Waals surface area contributed by atoms with E-state index in [9.17, 15) is 18.4 Å². The number of nitrogens with two attached hydrogens (primary N) is 1. The zero-order chi connectivity index (χ0) is 28.6. The lowest BCUT2D eigenvalue weighted by Crippen LogP contribution is -2.43. The summed E-state index contributed by atoms with van der Waals surface area (Å²) in [6.45, 7) is 4.17. The molecule has 3 aromatic carbocycles. The molecule has 7 nitrogen and oxygen atoms in total. The second-order valence-corrected chi connectivity index (χ2v) is 10.8. The summed E-state index contributed by atoms with van der Waals surface area (Å²) in [6.07, 6.45) is 0. The largest absolute Gasteiger partial charge is 0.448 e. The molecule has 0 spiro atoms. The van der Waals surface area contributed by atoms with Gasteiger partial charge in [-0.1, -0.05) is 41.9 Å². The van der Waals surface area contributed by atoms with Crippen molar-refractivity contribution in [2.45, 2.75) is 26.4 Å². The number of rotatable bonds is 8. The molecule has 2 aromatic heterocycles. The van der Waals surface area contributed by atoms with E-state index in [0.29, 0.717) is 22.1 Å². The molecule has 0 unspecified atom stereocenters. The molecule has 40 heavy (non-hydrogen) atoms. The molecule has 0 aliphatic carbocycles. The molecular weight excluding hydrogens is 582 g/mol. The highest BCUT2D eigenvalue weighted by Gasteiger charge is 2.33. The Morgan fingerprint density at radius 3 is 2.48 bits per heavy atom. The van der Waals surface area contributed by atoms with Gasteiger partial charge in [0.2, 0.25) is 5.58 Å². The number of benzene rings is 3. The smallest absolute Gasteiger partial charge is 0.297 e. The Labute approximate surface area is 237 Å². The van der Waals surface area contributed by atoms with Crippen molar-refractivity contribution in [3.05, 3.63) is 110 Å². The van der Waals surface area contributed by atoms with Crippen LogP contribution in [0.5, 0.6) is 0 Å². The Balaban J connectivity index is 1.77. The minimum Gasteiger partial charge on any atom is -0.448 e. The molecule has 10 heteroatoms. The zero-order valence-corrected chi connectivity index (χ0v) is 23.5. The molecule has 0 radical (unpaired) electrons. The quantitative estimate of drug-likeness (QED) is 0.232. The number of carbonyl (C=O) groups is 1. The van der Waals surface area contributed by atoms with Crippen LogP contribution in [-0.2, 0) is 6.54 Å². The number of carbonyl (C=O) groups excluding carboxylic acids is 1. The highest BCUT2D eigenvalue weighted by atomic mass is 79.9. The Hall–Kier alpha value is -3.89. The minimum atomic E-state index is -0.705. The number of nitrogens with zero attached hydrogens (tertiary/aromatic N) is 3. The van der Waals surface area contributed by atoms with Gasteiger partial charge in [-0.05, 0) is 66.1 Å². The maximum absolute atomic E-state index is 14.2. The predicted molar refractivity (Wildman–Crippen MR) is 153 cm³/mol. The summed E-state index contributed by atoms with van der Waals surface area (Å²) >= 11 is 3.39. The molecule has 0 fully saturated rings. The van der Waals surface area contributed by atoms with E-state index in [0.717, 1.165) is 4.47 Å². The van der Waals surface area contributed by atoms with Gasteiger partial charge in [0.1, 0.15) is 28.6 Å². The first-order valence-corrected chi connectivity index (χ1v) is 13.6. The number of fused-ring (bicyclic) bond motifs is 3. The maximum atomic E-state index is 14.2. The predicted octanol–water partition coefficient (Wildman–Crippen LogP) is 6.03. The summed E-state index contributed by atoms with van der Waals surface area (Å²) in [5, 5.41) is 0.346. The fourth-order valence-corrected chi connectivity index (χ4v) is 5.24. The average Bonchev–Trinajstić information content (AvgIpc) is 3.28. The van der Waals surface area contributed by atoms with E-state index in [1.54, 1.807) is 41.3 Å². The number of furan rings is 1. The summed E-state index contributed by atoms with van der Waals surface area (Å²) in [7, 11) is 0. The Morgan fingerprint density at radius 1 is 1.07 bits per heavy atom. The normalized spacial score (nSPS) is 12.4. The van der Waals surface area contributed by atoms with Gasteiger partial charge in [0, 0.05) is 28.5 Å². The van der Waals surface area contributed by atoms with E-state index in [2.05, 4.69) is 15.9 Å². The summed E-state index contributed by atoms with van der Waals surface area (Å²) in [5.41, 5.74) is 6.87. The highest BCUT2D eigenvalue weighted by molar-refractivity contribution is 9.10. The van der Waals surface area contributed by atoms with E-state index < -0.39 is 23.2 Å². The van der Waals surface area contributed by atoms with Gasteiger partial charge in [0.15, 0.2) is 0 Å². The van der Waals surface area contributed by atoms with E-state index in [1.165, 1.54) is 34.9 Å². The third-order valence-corrected chi connectivity index (χ3v) is 7.28. The highest BCUT2D eigenvalue weighted by Crippen LogP contribution is 2.33. The number of halogens is 3. The van der Waals surface area contributed by atoms with Crippen molar-refractivity contribution in [2.75, 3.05) is 13.1 Å². The topological polar surface area (TPSA) is 94.4 Å². The molecule has 5 aromatic rings. The van der Waals surface area contributed by atoms with Crippen molar-refractivity contribution in [1.29, 1.82) is 0 Å². The molecule has 2 heterocycles. The molecule has 1 atom stereocenters. The SMILES string of the molecule is CC(C)[C@H](c1nc2c(oc3ccc(F)cc32)c(=O)n1Cc1cccc(F)c1)N(CCN)C(=O)c1ccc(Br)cc1. The maximum Gasteiger partial charge on any atom is 0.297 e. The fraction of sp³-hybridized carbons (Fsp3) is 0.233. The molecule has 0 saturated carbocycles. The molecule has 5 rings (SSSR count). The van der Waals surface area contributed by atoms with Crippen LogP contribution in [-0.4, -0.2) is 33.4 Å². The van der Waals surface area contributed by atoms with Crippen LogP contribution in [0.4, 0.5) is 8.78 Å². The number of aromatic nitrogens is 2. The Morgan fingerprint density at radius 2 is 1.80 bits per heavy atom. The van der Waals surface area contributed by atoms with E-state index in [-0.39, 0.29) is 48.4 Å². The van der Waals surface area contributed by atoms with E-state index in [1.807, 2.05) is 13.8 Å². The number of hydrogen-bond acceptors (Lipinski definition) is 5. The summed E-state index contributed by atoms with van der Waals surface area (Å²) in [6, 6.07) is 16.1. The Kier molecular flexibility index (Phi) is 7.82. The van der Waals surface area contributed by atoms with Crippen molar-refractivity contribution in [3.63, 3.8) is 0 Å². The molecular formula is C30H27BrF2N4O3. The number of amides is 1. The third-order valence-electron chi connectivity index (χ3n) is 6.75. The second-order valence-electron chi connectivity index (χ2n) is 9.89. The molecule has 1 amide bonds. The van der Waals surface area contributed by atoms with Crippen LogP contribution in [0, 0.1) is 17.6 Å². The summed E-state index contributed by atoms with van der Waals surface area (Å²) in [5.74, 6) is -1.19. The molecule has 2 N–H and O–H groups in total. The van der Waals surface area contributed by atoms with Crippen molar-refractivity contribution >= 4 is 43.9 Å². The van der Waals surface area contributed by atoms with Crippen LogP contribution < -0.4 is 11.3 Å². The van der Waals surface area contributed by atoms with Gasteiger partial charge >= 0.3 is 0 Å². The Bertz CT molecular complexity index is 1770. The average molecular weight is 609 g/mol. The minimum absolute atomic E-state index is 0.0214. The third kappa shape index (κ3) is 5.29. The first kappa shape index (κ1) is 27.7. The van der Waals surface area contributed by atoms with Crippen LogP contribution in [0.25, 0.3) is 22.1 Å². The van der Waals surface area contributed by atoms with E-state index >= 15 is 0 Å². The lowest BCUT2D eigenvalue weighted by molar-refractivity contribution is 0.0612. The monoisotopic (exact) mass is 608 g/mol. The van der Waals surface area contributed by atoms with Crippen LogP contribution in [0.1, 0.15) is 41.6 Å². The zero-order valence-electron chi connectivity index (χ0n) is 21.9. The van der Waals surface area contributed by atoms with Crippen LogP contribution in [0.2, 0.25) is 0 Å². The van der Waals surface area contributed by atoms with Gasteiger partial charge in [-0.25, -0.2) is 13.8 Å². The van der Waals surface area contributed by atoms with Crippen molar-refractivity contribution in [3.8, 4) is 0 Å². The molecule has 0 aliphatic rings. The standard InChI is InChI=1S/C30H27BrF2N4O3/c1-17(2)26(36(13-12-34)29(38)19-6-8-20(31)9-7-19)28-35-25-23-15-22(33)10-11-24(23)40-27(25)30(39)37(28)16-18-4-3-5-21(32)14-18/h3-11,14-15,17,26H,12-13,16,34H2,1-2H3/t26-/m1/s1. The van der Waals surface area contributed by atoms with Crippen molar-refractivity contribution < 1.29 is 18.0 Å². The van der Waals surface area contributed by atoms with Crippen LogP contribution in [0.15, 0.2) is 80.4 Å². The molecule has 206 valence electrons. The molecule has 0 bridgehead atoms. The van der Waals surface area contributed by atoms with Crippen molar-refractivity contribution in [1.82, 2.24) is 14.5 Å². The summed E-state index contributed by atoms with van der Waals surface area (Å²) in [4.78, 5) is 34.3. The first-order valence-electron chi connectivity index (χ1n) is 12.8. The van der Waals surface area contributed by atoms with Gasteiger partial charge in [0.05, 0.1) is 12.6 Å². The van der Waals surface area contributed by atoms with Gasteiger partial charge in [-0.3, -0.25) is 14.2 Å². The van der Waals surface area contributed by atoms with E-state index in [4.69, 9.17) is 15.1 Å².